The summed E-state index contributed by atoms with van der Waals surface area (Å²) in [5, 5.41) is 45.2. The molecule has 262 valence electrons. The minimum atomic E-state index is -5.32. The molecule has 0 bridgehead atoms. The van der Waals surface area contributed by atoms with E-state index >= 15 is 0 Å². The van der Waals surface area contributed by atoms with Gasteiger partial charge in [-0.2, -0.15) is 38.8 Å². The minimum absolute atomic E-state index is 0.00845. The van der Waals surface area contributed by atoms with E-state index in [1.807, 2.05) is 0 Å². The summed E-state index contributed by atoms with van der Waals surface area (Å²) < 4.78 is 135. The highest BCUT2D eigenvalue weighted by molar-refractivity contribution is 7.86. The lowest BCUT2D eigenvalue weighted by Gasteiger charge is -2.11. The Hall–Kier alpha value is -5.34. The predicted octanol–water partition coefficient (Wildman–Crippen LogP) is 4.51. The molecule has 24 heteroatoms. The molecule has 0 spiro atoms. The fourth-order valence-corrected chi connectivity index (χ4v) is 7.09. The Balaban J connectivity index is 1.65. The smallest absolute Gasteiger partial charge is 0.296 e. The predicted molar refractivity (Wildman–Crippen MR) is 171 cm³/mol. The molecule has 0 amide bonds. The molecule has 0 aliphatic rings. The van der Waals surface area contributed by atoms with Crippen LogP contribution in [0.1, 0.15) is 0 Å². The number of nitrogens with zero attached hydrogens (tertiary/aromatic N) is 4. The maximum Gasteiger partial charge on any atom is 0.296 e. The van der Waals surface area contributed by atoms with Crippen LogP contribution in [0.4, 0.5) is 28.4 Å². The van der Waals surface area contributed by atoms with Gasteiger partial charge in [0, 0.05) is 17.1 Å². The fourth-order valence-electron chi connectivity index (χ4n) is 4.60. The van der Waals surface area contributed by atoms with Gasteiger partial charge in [0.25, 0.3) is 40.5 Å². The van der Waals surface area contributed by atoms with Gasteiger partial charge < -0.3 is 21.1 Å². The van der Waals surface area contributed by atoms with Crippen molar-refractivity contribution in [2.24, 2.45) is 20.5 Å². The van der Waals surface area contributed by atoms with Crippen LogP contribution in [0, 0.1) is 0 Å². The maximum atomic E-state index is 12.3. The number of phenolic OH excluding ortho intramolecular Hbond substituents is 3. The third kappa shape index (κ3) is 7.03. The van der Waals surface area contributed by atoms with E-state index in [1.54, 1.807) is 0 Å². The fraction of sp³-hybridized carbons (Fsp3) is 0. The van der Waals surface area contributed by atoms with Gasteiger partial charge in [-0.3, -0.25) is 18.2 Å². The summed E-state index contributed by atoms with van der Waals surface area (Å²) in [7, 11) is -20.5. The molecule has 0 heterocycles. The van der Waals surface area contributed by atoms with Crippen LogP contribution in [0.15, 0.2) is 101 Å². The first kappa shape index (κ1) is 36.0. The number of aromatic hydroxyl groups is 3. The molecule has 50 heavy (non-hydrogen) atoms. The first-order valence-corrected chi connectivity index (χ1v) is 18.7. The van der Waals surface area contributed by atoms with Crippen molar-refractivity contribution in [3.63, 3.8) is 0 Å². The lowest BCUT2D eigenvalue weighted by Crippen LogP contribution is -2.01. The van der Waals surface area contributed by atoms with Crippen molar-refractivity contribution in [3.05, 3.63) is 60.7 Å². The summed E-state index contributed by atoms with van der Waals surface area (Å²) in [6, 6.07) is 9.11. The zero-order valence-electron chi connectivity index (χ0n) is 24.2. The molecular weight excluding hydrogens is 751 g/mol. The second kappa shape index (κ2) is 12.2. The van der Waals surface area contributed by atoms with Crippen LogP contribution in [-0.2, 0) is 40.5 Å². The standard InChI is InChI=1S/C26H19N5O15S4/c27-13-2-1-11-6-20(49(41,42)43)23(25(33)16(11)8-13)30-28-14-3-4-17(19(9-14)48(38,39)40)29-31-24-21(50(44,45)46)7-12-5-15(47(35,36)37)10-18(32)22(12)26(24)34/h1-10,32-34H,27H2,(H,35,36,37)(H,38,39,40)(H,41,42,43)(H,44,45,46)/b30-28+,31-29+. The third-order valence-electron chi connectivity index (χ3n) is 6.78. The maximum absolute atomic E-state index is 12.3. The Morgan fingerprint density at radius 1 is 0.520 bits per heavy atom. The number of rotatable bonds is 8. The van der Waals surface area contributed by atoms with E-state index in [9.17, 15) is 67.2 Å². The molecule has 5 aromatic carbocycles. The van der Waals surface area contributed by atoms with Crippen molar-refractivity contribution >= 4 is 90.5 Å². The molecule has 5 aromatic rings. The van der Waals surface area contributed by atoms with Gasteiger partial charge in [0.15, 0.2) is 11.5 Å². The molecule has 0 radical (unpaired) electrons. The molecule has 0 aliphatic carbocycles. The van der Waals surface area contributed by atoms with E-state index in [-0.39, 0.29) is 16.5 Å². The Morgan fingerprint density at radius 2 is 1.08 bits per heavy atom. The second-order valence-electron chi connectivity index (χ2n) is 10.1. The lowest BCUT2D eigenvalue weighted by molar-refractivity contribution is 0.457. The molecule has 0 aromatic heterocycles. The van der Waals surface area contributed by atoms with Crippen LogP contribution < -0.4 is 5.73 Å². The third-order valence-corrected chi connectivity index (χ3v) is 10.2. The highest BCUT2D eigenvalue weighted by Gasteiger charge is 2.26. The van der Waals surface area contributed by atoms with Crippen LogP contribution in [-0.4, -0.2) is 67.2 Å². The Labute approximate surface area is 280 Å². The zero-order chi connectivity index (χ0) is 37.1. The molecule has 0 atom stereocenters. The van der Waals surface area contributed by atoms with E-state index < -0.39 is 111 Å². The number of fused-ring (bicyclic) bond motifs is 2. The Kier molecular flexibility index (Phi) is 8.78. The highest BCUT2D eigenvalue weighted by atomic mass is 32.2. The van der Waals surface area contributed by atoms with Crippen LogP contribution in [0.2, 0.25) is 0 Å². The van der Waals surface area contributed by atoms with Crippen molar-refractivity contribution in [3.8, 4) is 17.2 Å². The van der Waals surface area contributed by atoms with Gasteiger partial charge in [0.05, 0.1) is 16.0 Å². The number of benzene rings is 5. The van der Waals surface area contributed by atoms with Crippen molar-refractivity contribution in [1.82, 2.24) is 0 Å². The quantitative estimate of drug-likeness (QED) is 0.0611. The molecular formula is C26H19N5O15S4. The molecule has 0 unspecified atom stereocenters. The normalized spacial score (nSPS) is 13.2. The SMILES string of the molecule is Nc1ccc2cc(S(=O)(=O)O)c(/N=N/c3ccc(/N=N/c4c(S(=O)(=O)O)cc5cc(S(=O)(=O)O)cc(O)c5c4O)c(S(=O)(=O)O)c3)c(O)c2c1. The average Bonchev–Trinajstić information content (AvgIpc) is 2.98. The van der Waals surface area contributed by atoms with Crippen LogP contribution in [0.5, 0.6) is 17.2 Å². The van der Waals surface area contributed by atoms with E-state index in [1.165, 1.54) is 18.2 Å². The summed E-state index contributed by atoms with van der Waals surface area (Å²) in [6.45, 7) is 0. The number of hydrogen-bond donors (Lipinski definition) is 8. The lowest BCUT2D eigenvalue weighted by atomic mass is 10.1. The van der Waals surface area contributed by atoms with Gasteiger partial charge in [-0.25, -0.2) is 0 Å². The Morgan fingerprint density at radius 3 is 1.66 bits per heavy atom. The molecule has 0 aliphatic heterocycles. The van der Waals surface area contributed by atoms with Crippen molar-refractivity contribution in [2.75, 3.05) is 5.73 Å². The van der Waals surface area contributed by atoms with Crippen LogP contribution >= 0.6 is 0 Å². The summed E-state index contributed by atoms with van der Waals surface area (Å²) in [5.74, 6) is -2.99. The van der Waals surface area contributed by atoms with Gasteiger partial charge in [-0.15, -0.1) is 15.3 Å². The van der Waals surface area contributed by atoms with Crippen LogP contribution in [0.3, 0.4) is 0 Å². The number of phenols is 3. The van der Waals surface area contributed by atoms with Crippen molar-refractivity contribution in [2.45, 2.75) is 19.6 Å². The van der Waals surface area contributed by atoms with Crippen molar-refractivity contribution in [1.29, 1.82) is 0 Å². The molecule has 0 fully saturated rings. The molecule has 0 saturated carbocycles. The second-order valence-corrected chi connectivity index (χ2v) is 15.7. The van der Waals surface area contributed by atoms with Gasteiger partial charge in [0.2, 0.25) is 0 Å². The summed E-state index contributed by atoms with van der Waals surface area (Å²) >= 11 is 0. The average molecular weight is 770 g/mol. The van der Waals surface area contributed by atoms with Crippen LogP contribution in [0.25, 0.3) is 21.5 Å². The Bertz CT molecular complexity index is 2800. The minimum Gasteiger partial charge on any atom is -0.507 e. The van der Waals surface area contributed by atoms with E-state index in [0.29, 0.717) is 24.3 Å². The highest BCUT2D eigenvalue weighted by Crippen LogP contribution is 2.46. The largest absolute Gasteiger partial charge is 0.507 e. The number of anilines is 1. The number of nitrogen functional groups attached to an aromatic ring is 1. The van der Waals surface area contributed by atoms with Gasteiger partial charge in [-0.05, 0) is 59.3 Å². The van der Waals surface area contributed by atoms with Gasteiger partial charge in [-0.1, -0.05) is 6.07 Å². The van der Waals surface area contributed by atoms with E-state index in [0.717, 1.165) is 18.2 Å². The summed E-state index contributed by atoms with van der Waals surface area (Å²) in [4.78, 5) is -4.09. The number of hydrogen-bond acceptors (Lipinski definition) is 16. The zero-order valence-corrected chi connectivity index (χ0v) is 27.4. The molecule has 5 rings (SSSR count). The topological polar surface area (TPSA) is 354 Å². The number of azo groups is 2. The monoisotopic (exact) mass is 769 g/mol. The summed E-state index contributed by atoms with van der Waals surface area (Å²) in [5.41, 5.74) is 2.84. The van der Waals surface area contributed by atoms with E-state index in [4.69, 9.17) is 5.73 Å². The molecule has 20 nitrogen and oxygen atoms in total. The molecule has 0 saturated heterocycles. The van der Waals surface area contributed by atoms with Gasteiger partial charge in [0.1, 0.15) is 37.5 Å². The van der Waals surface area contributed by atoms with Crippen molar-refractivity contribution < 1.29 is 67.2 Å². The summed E-state index contributed by atoms with van der Waals surface area (Å²) in [6.07, 6.45) is 0. The molecule has 9 N–H and O–H groups in total. The van der Waals surface area contributed by atoms with E-state index in [2.05, 4.69) is 20.5 Å². The number of nitrogens with two attached hydrogens (primary N) is 1. The van der Waals surface area contributed by atoms with Gasteiger partial charge >= 0.3 is 0 Å². The first-order valence-electron chi connectivity index (χ1n) is 12.9. The first-order chi connectivity index (χ1) is 23.0.